The molecule has 3 atom stereocenters. The summed E-state index contributed by atoms with van der Waals surface area (Å²) in [4.78, 5) is 14.7. The van der Waals surface area contributed by atoms with E-state index in [9.17, 15) is 4.79 Å². The minimum atomic E-state index is -0.949. The Morgan fingerprint density at radius 3 is 2.94 bits per heavy atom. The molecular formula is C13H19N3O2. The van der Waals surface area contributed by atoms with Crippen molar-refractivity contribution in [3.8, 4) is 0 Å². The highest BCUT2D eigenvalue weighted by Gasteiger charge is 2.29. The van der Waals surface area contributed by atoms with E-state index in [1.165, 1.54) is 0 Å². The zero-order chi connectivity index (χ0) is 13.1. The Bertz CT molecular complexity index is 436. The standard InChI is InChI=1S/C13H19N3O2/c1-8-4-9(6-10(5-8)16-13(17)18)11-2-3-15-7-12(11)14/h2-3,7-10,16H,4-6,14H2,1H3,(H,17,18)/t8-,9+,10+/m1/s1. The van der Waals surface area contributed by atoms with Gasteiger partial charge in [-0.2, -0.15) is 0 Å². The number of nitrogens with one attached hydrogen (secondary N) is 1. The van der Waals surface area contributed by atoms with Crippen molar-refractivity contribution in [3.63, 3.8) is 0 Å². The summed E-state index contributed by atoms with van der Waals surface area (Å²) in [5.74, 6) is 0.807. The summed E-state index contributed by atoms with van der Waals surface area (Å²) in [7, 11) is 0. The van der Waals surface area contributed by atoms with Crippen LogP contribution in [0.5, 0.6) is 0 Å². The van der Waals surface area contributed by atoms with Crippen molar-refractivity contribution in [3.05, 3.63) is 24.0 Å². The maximum Gasteiger partial charge on any atom is 0.404 e. The van der Waals surface area contributed by atoms with Gasteiger partial charge in [0.2, 0.25) is 0 Å². The fourth-order valence-electron chi connectivity index (χ4n) is 2.94. The van der Waals surface area contributed by atoms with E-state index in [0.717, 1.165) is 24.8 Å². The molecule has 1 fully saturated rings. The number of aromatic nitrogens is 1. The number of nitrogens with zero attached hydrogens (tertiary/aromatic N) is 1. The van der Waals surface area contributed by atoms with Crippen LogP contribution in [0.3, 0.4) is 0 Å². The number of amides is 1. The fourth-order valence-corrected chi connectivity index (χ4v) is 2.94. The van der Waals surface area contributed by atoms with Crippen LogP contribution in [0.15, 0.2) is 18.5 Å². The molecule has 1 aromatic heterocycles. The molecule has 98 valence electrons. The molecule has 1 amide bonds. The van der Waals surface area contributed by atoms with E-state index >= 15 is 0 Å². The maximum absolute atomic E-state index is 10.7. The maximum atomic E-state index is 10.7. The van der Waals surface area contributed by atoms with Crippen LogP contribution in [0.2, 0.25) is 0 Å². The molecule has 0 spiro atoms. The number of carboxylic acid groups (broad SMARTS) is 1. The van der Waals surface area contributed by atoms with E-state index in [4.69, 9.17) is 10.8 Å². The van der Waals surface area contributed by atoms with Gasteiger partial charge in [0.15, 0.2) is 0 Å². The molecule has 2 rings (SSSR count). The lowest BCUT2D eigenvalue weighted by Gasteiger charge is -2.33. The van der Waals surface area contributed by atoms with Gasteiger partial charge in [0, 0.05) is 12.2 Å². The van der Waals surface area contributed by atoms with Crippen molar-refractivity contribution in [2.75, 3.05) is 5.73 Å². The molecule has 0 saturated heterocycles. The van der Waals surface area contributed by atoms with Gasteiger partial charge < -0.3 is 16.2 Å². The number of nitrogen functional groups attached to an aromatic ring is 1. The van der Waals surface area contributed by atoms with Crippen molar-refractivity contribution in [1.29, 1.82) is 0 Å². The summed E-state index contributed by atoms with van der Waals surface area (Å²) in [5.41, 5.74) is 7.74. The summed E-state index contributed by atoms with van der Waals surface area (Å²) in [6.45, 7) is 2.15. The van der Waals surface area contributed by atoms with E-state index in [1.54, 1.807) is 12.4 Å². The molecule has 0 unspecified atom stereocenters. The van der Waals surface area contributed by atoms with Gasteiger partial charge in [0.1, 0.15) is 0 Å². The lowest BCUT2D eigenvalue weighted by atomic mass is 9.76. The van der Waals surface area contributed by atoms with Crippen LogP contribution in [0.4, 0.5) is 10.5 Å². The van der Waals surface area contributed by atoms with Crippen molar-refractivity contribution < 1.29 is 9.90 Å². The van der Waals surface area contributed by atoms with Crippen molar-refractivity contribution >= 4 is 11.8 Å². The number of carbonyl (C=O) groups is 1. The topological polar surface area (TPSA) is 88.2 Å². The van der Waals surface area contributed by atoms with E-state index in [1.807, 2.05) is 6.07 Å². The summed E-state index contributed by atoms with van der Waals surface area (Å²) >= 11 is 0. The quantitative estimate of drug-likeness (QED) is 0.749. The van der Waals surface area contributed by atoms with E-state index in [0.29, 0.717) is 17.5 Å². The van der Waals surface area contributed by atoms with Gasteiger partial charge >= 0.3 is 6.09 Å². The van der Waals surface area contributed by atoms with Gasteiger partial charge in [-0.1, -0.05) is 6.92 Å². The summed E-state index contributed by atoms with van der Waals surface area (Å²) in [6, 6.07) is 1.96. The predicted octanol–water partition coefficient (Wildman–Crippen LogP) is 2.20. The number of pyridine rings is 1. The molecule has 0 aliphatic heterocycles. The molecule has 5 nitrogen and oxygen atoms in total. The van der Waals surface area contributed by atoms with Crippen LogP contribution in [0.25, 0.3) is 0 Å². The first-order chi connectivity index (χ1) is 8.56. The van der Waals surface area contributed by atoms with Crippen LogP contribution in [0, 0.1) is 5.92 Å². The number of rotatable bonds is 2. The Morgan fingerprint density at radius 2 is 2.28 bits per heavy atom. The average molecular weight is 249 g/mol. The minimum Gasteiger partial charge on any atom is -0.465 e. The monoisotopic (exact) mass is 249 g/mol. The van der Waals surface area contributed by atoms with E-state index < -0.39 is 6.09 Å². The van der Waals surface area contributed by atoms with E-state index in [-0.39, 0.29) is 6.04 Å². The Morgan fingerprint density at radius 1 is 1.50 bits per heavy atom. The molecule has 0 bridgehead atoms. The molecule has 1 saturated carbocycles. The summed E-state index contributed by atoms with van der Waals surface area (Å²) in [6.07, 6.45) is 5.21. The number of hydrogen-bond donors (Lipinski definition) is 3. The first-order valence-corrected chi connectivity index (χ1v) is 6.25. The zero-order valence-electron chi connectivity index (χ0n) is 10.5. The molecule has 0 radical (unpaired) electrons. The third kappa shape index (κ3) is 2.91. The van der Waals surface area contributed by atoms with Gasteiger partial charge in [-0.25, -0.2) is 4.79 Å². The highest BCUT2D eigenvalue weighted by molar-refractivity contribution is 5.64. The second-order valence-electron chi connectivity index (χ2n) is 5.16. The molecule has 4 N–H and O–H groups in total. The molecular weight excluding hydrogens is 230 g/mol. The Labute approximate surface area is 106 Å². The Kier molecular flexibility index (Phi) is 3.69. The Hall–Kier alpha value is -1.78. The highest BCUT2D eigenvalue weighted by atomic mass is 16.4. The van der Waals surface area contributed by atoms with E-state index in [2.05, 4.69) is 17.2 Å². The average Bonchev–Trinajstić information content (AvgIpc) is 2.27. The van der Waals surface area contributed by atoms with Gasteiger partial charge in [-0.15, -0.1) is 0 Å². The zero-order valence-corrected chi connectivity index (χ0v) is 10.5. The molecule has 5 heteroatoms. The summed E-state index contributed by atoms with van der Waals surface area (Å²) < 4.78 is 0. The fraction of sp³-hybridized carbons (Fsp3) is 0.538. The van der Waals surface area contributed by atoms with Crippen molar-refractivity contribution in [1.82, 2.24) is 10.3 Å². The number of hydrogen-bond acceptors (Lipinski definition) is 3. The van der Waals surface area contributed by atoms with Crippen molar-refractivity contribution in [2.45, 2.75) is 38.1 Å². The van der Waals surface area contributed by atoms with Crippen LogP contribution in [0.1, 0.15) is 37.7 Å². The smallest absolute Gasteiger partial charge is 0.404 e. The molecule has 18 heavy (non-hydrogen) atoms. The normalized spacial score (nSPS) is 27.7. The lowest BCUT2D eigenvalue weighted by molar-refractivity contribution is 0.179. The van der Waals surface area contributed by atoms with Gasteiger partial charge in [-0.3, -0.25) is 4.98 Å². The first kappa shape index (κ1) is 12.7. The van der Waals surface area contributed by atoms with Gasteiger partial charge in [-0.05, 0) is 42.7 Å². The second kappa shape index (κ2) is 5.25. The Balaban J connectivity index is 2.13. The number of nitrogens with two attached hydrogens (primary N) is 1. The highest BCUT2D eigenvalue weighted by Crippen LogP contribution is 2.37. The third-order valence-corrected chi connectivity index (χ3v) is 3.60. The molecule has 1 heterocycles. The largest absolute Gasteiger partial charge is 0.465 e. The van der Waals surface area contributed by atoms with Crippen LogP contribution in [-0.4, -0.2) is 22.2 Å². The predicted molar refractivity (Wildman–Crippen MR) is 69.4 cm³/mol. The van der Waals surface area contributed by atoms with Crippen LogP contribution >= 0.6 is 0 Å². The van der Waals surface area contributed by atoms with Crippen molar-refractivity contribution in [2.24, 2.45) is 5.92 Å². The van der Waals surface area contributed by atoms with Crippen LogP contribution in [-0.2, 0) is 0 Å². The summed E-state index contributed by atoms with van der Waals surface area (Å²) in [5, 5.41) is 11.4. The van der Waals surface area contributed by atoms with Gasteiger partial charge in [0.05, 0.1) is 11.9 Å². The molecule has 1 aromatic rings. The minimum absolute atomic E-state index is 0.0174. The molecule has 0 aromatic carbocycles. The SMILES string of the molecule is C[C@H]1C[C@H](NC(=O)O)C[C@@H](c2ccncc2N)C1. The third-order valence-electron chi connectivity index (χ3n) is 3.60. The number of anilines is 1. The first-order valence-electron chi connectivity index (χ1n) is 6.25. The second-order valence-corrected chi connectivity index (χ2v) is 5.16. The van der Waals surface area contributed by atoms with Gasteiger partial charge in [0.25, 0.3) is 0 Å². The molecule has 1 aliphatic rings. The van der Waals surface area contributed by atoms with Crippen LogP contribution < -0.4 is 11.1 Å². The lowest BCUT2D eigenvalue weighted by Crippen LogP contribution is -2.39. The molecule has 1 aliphatic carbocycles.